The van der Waals surface area contributed by atoms with Crippen molar-refractivity contribution in [3.8, 4) is 0 Å². The number of hydrogen-bond donors (Lipinski definition) is 4. The average Bonchev–Trinajstić information content (AvgIpc) is 2.78. The summed E-state index contributed by atoms with van der Waals surface area (Å²) in [6.45, 7) is 2.38. The molecule has 10 heteroatoms. The largest absolute Gasteiger partial charge is 0.481 e. The van der Waals surface area contributed by atoms with Gasteiger partial charge in [-0.15, -0.1) is 5.10 Å². The minimum atomic E-state index is -1.25. The van der Waals surface area contributed by atoms with Crippen molar-refractivity contribution in [1.82, 2.24) is 20.5 Å². The van der Waals surface area contributed by atoms with Crippen LogP contribution >= 0.6 is 0 Å². The first-order valence-corrected chi connectivity index (χ1v) is 10.8. The fourth-order valence-corrected chi connectivity index (χ4v) is 3.56. The Morgan fingerprint density at radius 3 is 2.97 bits per heavy atom. The molecule has 0 aromatic carbocycles. The molecule has 2 aliphatic rings. The van der Waals surface area contributed by atoms with Crippen molar-refractivity contribution in [3.63, 3.8) is 0 Å². The fraction of sp³-hybridized carbons (Fsp3) is 0.500. The van der Waals surface area contributed by atoms with Crippen molar-refractivity contribution in [1.29, 1.82) is 0 Å². The van der Waals surface area contributed by atoms with Crippen LogP contribution < -0.4 is 10.6 Å². The number of aliphatic imine (C=N–C) groups is 1. The average molecular weight is 443 g/mol. The number of ether oxygens (including phenoxy) is 1. The van der Waals surface area contributed by atoms with Crippen LogP contribution in [-0.2, 0) is 9.53 Å². The van der Waals surface area contributed by atoms with Crippen LogP contribution in [0.3, 0.4) is 0 Å². The molecule has 2 aliphatic carbocycles. The molecule has 0 fully saturated rings. The third-order valence-corrected chi connectivity index (χ3v) is 5.22. The van der Waals surface area contributed by atoms with Crippen LogP contribution in [0.1, 0.15) is 39.0 Å². The molecule has 1 heterocycles. The highest BCUT2D eigenvalue weighted by atomic mass is 16.6. The molecule has 4 unspecified atom stereocenters. The molecule has 1 aromatic heterocycles. The normalized spacial score (nSPS) is 22.5. The molecule has 3 rings (SSSR count). The molecule has 0 radical (unpaired) electrons. The first-order valence-electron chi connectivity index (χ1n) is 10.8. The SMILES string of the molecule is CC(OC(O)Nc1cnnc(N=CCNC2C=CC(CC(=O)O)CC2)n1)C1=CCCC=C1. The molecule has 1 aromatic rings. The second-order valence-corrected chi connectivity index (χ2v) is 7.75. The number of hydrogen-bond acceptors (Lipinski definition) is 9. The number of aliphatic hydroxyl groups is 1. The van der Waals surface area contributed by atoms with Crippen molar-refractivity contribution in [2.24, 2.45) is 10.9 Å². The summed E-state index contributed by atoms with van der Waals surface area (Å²) in [6, 6.07) is 0.182. The molecule has 0 bridgehead atoms. The maximum absolute atomic E-state index is 10.8. The van der Waals surface area contributed by atoms with Crippen LogP contribution in [0.2, 0.25) is 0 Å². The van der Waals surface area contributed by atoms with Crippen molar-refractivity contribution in [2.75, 3.05) is 11.9 Å². The summed E-state index contributed by atoms with van der Waals surface area (Å²) in [5, 5.41) is 32.8. The topological polar surface area (TPSA) is 142 Å². The standard InChI is InChI=1S/C22H30N6O4/c1-15(17-5-3-2-4-6-17)32-22(31)27-19-14-25-28-21(26-19)24-12-11-23-18-9-7-16(8-10-18)13-20(29)30/h3,5-7,9,12,14-16,18,22-23,31H,2,4,8,10-11,13H2,1H3,(H,29,30)(H,26,27,28). The predicted molar refractivity (Wildman–Crippen MR) is 121 cm³/mol. The van der Waals surface area contributed by atoms with E-state index >= 15 is 0 Å². The summed E-state index contributed by atoms with van der Waals surface area (Å²) in [5.41, 5.74) is 1.03. The van der Waals surface area contributed by atoms with Gasteiger partial charge in [-0.3, -0.25) is 4.79 Å². The van der Waals surface area contributed by atoms with E-state index < -0.39 is 12.4 Å². The monoisotopic (exact) mass is 442 g/mol. The number of rotatable bonds is 11. The quantitative estimate of drug-likeness (QED) is 0.231. The highest BCUT2D eigenvalue weighted by molar-refractivity contribution is 5.67. The fourth-order valence-electron chi connectivity index (χ4n) is 3.56. The Morgan fingerprint density at radius 1 is 1.38 bits per heavy atom. The Morgan fingerprint density at radius 2 is 2.25 bits per heavy atom. The summed E-state index contributed by atoms with van der Waals surface area (Å²) in [4.78, 5) is 19.2. The zero-order valence-electron chi connectivity index (χ0n) is 18.1. The van der Waals surface area contributed by atoms with Crippen molar-refractivity contribution < 1.29 is 19.7 Å². The molecule has 0 saturated heterocycles. The summed E-state index contributed by atoms with van der Waals surface area (Å²) in [6.07, 6.45) is 15.6. The summed E-state index contributed by atoms with van der Waals surface area (Å²) in [7, 11) is 0. The number of carbonyl (C=O) groups is 1. The second kappa shape index (κ2) is 12.2. The smallest absolute Gasteiger partial charge is 0.303 e. The molecule has 0 spiro atoms. The molecule has 4 atom stereocenters. The highest BCUT2D eigenvalue weighted by Crippen LogP contribution is 2.20. The van der Waals surface area contributed by atoms with E-state index in [1.54, 1.807) is 6.21 Å². The maximum atomic E-state index is 10.8. The van der Waals surface area contributed by atoms with Crippen LogP contribution in [0.5, 0.6) is 0 Å². The number of allylic oxidation sites excluding steroid dienone is 3. The van der Waals surface area contributed by atoms with Gasteiger partial charge in [0, 0.05) is 18.8 Å². The number of aromatic nitrogens is 3. The van der Waals surface area contributed by atoms with Gasteiger partial charge in [0.1, 0.15) is 0 Å². The molecule has 0 saturated carbocycles. The lowest BCUT2D eigenvalue weighted by molar-refractivity contribution is -0.137. The third kappa shape index (κ3) is 7.95. The number of anilines is 1. The van der Waals surface area contributed by atoms with Gasteiger partial charge in [-0.1, -0.05) is 30.4 Å². The predicted octanol–water partition coefficient (Wildman–Crippen LogP) is 2.34. The summed E-state index contributed by atoms with van der Waals surface area (Å²) < 4.78 is 5.58. The number of nitrogens with zero attached hydrogens (tertiary/aromatic N) is 4. The van der Waals surface area contributed by atoms with E-state index in [0.29, 0.717) is 12.4 Å². The number of aliphatic carboxylic acids is 1. The Hall–Kier alpha value is -2.95. The van der Waals surface area contributed by atoms with Crippen LogP contribution in [-0.4, -0.2) is 62.7 Å². The van der Waals surface area contributed by atoms with Gasteiger partial charge in [0.05, 0.1) is 18.7 Å². The summed E-state index contributed by atoms with van der Waals surface area (Å²) in [5.74, 6) is -0.202. The van der Waals surface area contributed by atoms with Gasteiger partial charge in [0.15, 0.2) is 5.82 Å². The van der Waals surface area contributed by atoms with Crippen molar-refractivity contribution in [2.45, 2.75) is 57.6 Å². The Bertz CT molecular complexity index is 885. The third-order valence-electron chi connectivity index (χ3n) is 5.22. The molecular formula is C22H30N6O4. The minimum absolute atomic E-state index is 0.104. The van der Waals surface area contributed by atoms with Crippen molar-refractivity contribution in [3.05, 3.63) is 42.2 Å². The number of aliphatic hydroxyl groups excluding tert-OH is 1. The lowest BCUT2D eigenvalue weighted by atomic mass is 9.90. The molecule has 32 heavy (non-hydrogen) atoms. The Kier molecular flexibility index (Phi) is 9.02. The van der Waals surface area contributed by atoms with E-state index in [2.05, 4.69) is 43.0 Å². The van der Waals surface area contributed by atoms with Crippen LogP contribution in [0.15, 0.2) is 47.1 Å². The Balaban J connectivity index is 1.42. The maximum Gasteiger partial charge on any atom is 0.303 e. The molecular weight excluding hydrogens is 412 g/mol. The number of nitrogens with one attached hydrogen (secondary N) is 2. The van der Waals surface area contributed by atoms with E-state index in [-0.39, 0.29) is 30.4 Å². The summed E-state index contributed by atoms with van der Waals surface area (Å²) >= 11 is 0. The van der Waals surface area contributed by atoms with E-state index in [1.165, 1.54) is 6.20 Å². The number of carboxylic acids is 1. The Labute approximate surface area is 187 Å². The number of carboxylic acid groups (broad SMARTS) is 1. The first-order chi connectivity index (χ1) is 15.5. The van der Waals surface area contributed by atoms with Crippen LogP contribution in [0.25, 0.3) is 0 Å². The molecule has 0 aliphatic heterocycles. The second-order valence-electron chi connectivity index (χ2n) is 7.75. The van der Waals surface area contributed by atoms with E-state index in [1.807, 2.05) is 25.2 Å². The van der Waals surface area contributed by atoms with Gasteiger partial charge in [-0.2, -0.15) is 10.1 Å². The zero-order chi connectivity index (χ0) is 22.8. The van der Waals surface area contributed by atoms with Crippen molar-refractivity contribution >= 4 is 24.0 Å². The van der Waals surface area contributed by atoms with Gasteiger partial charge in [-0.05, 0) is 44.1 Å². The zero-order valence-corrected chi connectivity index (χ0v) is 18.1. The lowest BCUT2D eigenvalue weighted by Crippen LogP contribution is -2.31. The molecule has 4 N–H and O–H groups in total. The van der Waals surface area contributed by atoms with Gasteiger partial charge in [0.2, 0.25) is 6.41 Å². The minimum Gasteiger partial charge on any atom is -0.481 e. The van der Waals surface area contributed by atoms with Gasteiger partial charge < -0.3 is 25.6 Å². The van der Waals surface area contributed by atoms with E-state index in [4.69, 9.17) is 9.84 Å². The van der Waals surface area contributed by atoms with Crippen LogP contribution in [0.4, 0.5) is 11.8 Å². The lowest BCUT2D eigenvalue weighted by Gasteiger charge is -2.22. The van der Waals surface area contributed by atoms with E-state index in [0.717, 1.165) is 31.3 Å². The van der Waals surface area contributed by atoms with Crippen LogP contribution in [0, 0.1) is 5.92 Å². The molecule has 0 amide bonds. The highest BCUT2D eigenvalue weighted by Gasteiger charge is 2.17. The van der Waals surface area contributed by atoms with Gasteiger partial charge in [-0.25, -0.2) is 4.99 Å². The first kappa shape index (κ1) is 23.7. The van der Waals surface area contributed by atoms with E-state index in [9.17, 15) is 9.90 Å². The molecule has 10 nitrogen and oxygen atoms in total. The van der Waals surface area contributed by atoms with Gasteiger partial charge >= 0.3 is 5.97 Å². The molecule has 172 valence electrons. The van der Waals surface area contributed by atoms with Gasteiger partial charge in [0.25, 0.3) is 5.95 Å².